The molecule has 0 aromatic heterocycles. The number of nitrogen functional groups attached to an aromatic ring is 1. The summed E-state index contributed by atoms with van der Waals surface area (Å²) in [4.78, 5) is 4.09. The van der Waals surface area contributed by atoms with Crippen LogP contribution >= 0.6 is 0 Å². The molecular weight excluding hydrogens is 166 g/mol. The summed E-state index contributed by atoms with van der Waals surface area (Å²) in [6, 6.07) is 3.74. The molecule has 0 spiro atoms. The highest BCUT2D eigenvalue weighted by Crippen LogP contribution is 2.30. The number of aliphatic imine (C=N–C) groups is 1. The van der Waals surface area contributed by atoms with Crippen LogP contribution in [0, 0.1) is 0 Å². The van der Waals surface area contributed by atoms with Crippen molar-refractivity contribution in [1.29, 1.82) is 0 Å². The number of fused-ring (bicyclic) bond motifs is 1. The number of hydrogen-bond donors (Lipinski definition) is 2. The monoisotopic (exact) mass is 177 g/mol. The Morgan fingerprint density at radius 3 is 3.15 bits per heavy atom. The first-order valence-corrected chi connectivity index (χ1v) is 4.02. The van der Waals surface area contributed by atoms with Gasteiger partial charge in [0, 0.05) is 11.6 Å². The fourth-order valence-electron chi connectivity index (χ4n) is 1.37. The van der Waals surface area contributed by atoms with Gasteiger partial charge in [0.2, 0.25) is 0 Å². The van der Waals surface area contributed by atoms with E-state index in [-0.39, 0.29) is 0 Å². The number of ether oxygens (including phenoxy) is 1. The summed E-state index contributed by atoms with van der Waals surface area (Å²) in [5.74, 6) is 0.773. The van der Waals surface area contributed by atoms with Gasteiger partial charge in [0.15, 0.2) is 0 Å². The Morgan fingerprint density at radius 2 is 2.38 bits per heavy atom. The van der Waals surface area contributed by atoms with Gasteiger partial charge in [-0.1, -0.05) is 0 Å². The van der Waals surface area contributed by atoms with Crippen LogP contribution in [0.5, 0.6) is 5.75 Å². The van der Waals surface area contributed by atoms with E-state index < -0.39 is 0 Å². The first kappa shape index (κ1) is 7.91. The molecule has 3 N–H and O–H groups in total. The molecule has 1 heterocycles. The van der Waals surface area contributed by atoms with E-state index in [0.29, 0.717) is 12.2 Å². The van der Waals surface area contributed by atoms with Crippen molar-refractivity contribution in [2.75, 3.05) is 18.2 Å². The van der Waals surface area contributed by atoms with Crippen LogP contribution in [0.15, 0.2) is 17.1 Å². The first-order valence-electron chi connectivity index (χ1n) is 4.02. The molecule has 1 aliphatic rings. The van der Waals surface area contributed by atoms with Gasteiger partial charge in [-0.15, -0.1) is 0 Å². The van der Waals surface area contributed by atoms with E-state index in [2.05, 4.69) is 10.3 Å². The van der Waals surface area contributed by atoms with Crippen LogP contribution in [0.3, 0.4) is 0 Å². The van der Waals surface area contributed by atoms with Crippen molar-refractivity contribution in [3.05, 3.63) is 17.7 Å². The van der Waals surface area contributed by atoms with Crippen LogP contribution < -0.4 is 15.8 Å². The van der Waals surface area contributed by atoms with Crippen molar-refractivity contribution in [2.45, 2.75) is 6.54 Å². The molecule has 13 heavy (non-hydrogen) atoms. The normalized spacial score (nSPS) is 13.3. The number of nitrogens with zero attached hydrogens (tertiary/aromatic N) is 1. The van der Waals surface area contributed by atoms with Crippen LogP contribution in [0.2, 0.25) is 0 Å². The van der Waals surface area contributed by atoms with Crippen molar-refractivity contribution in [3.8, 4) is 5.75 Å². The lowest BCUT2D eigenvalue weighted by Gasteiger charge is -2.15. The quantitative estimate of drug-likeness (QED) is 0.634. The number of methoxy groups -OCH3 is 1. The summed E-state index contributed by atoms with van der Waals surface area (Å²) in [6.07, 6.45) is 1.66. The predicted octanol–water partition coefficient (Wildman–Crippen LogP) is 1.23. The molecule has 2 rings (SSSR count). The topological polar surface area (TPSA) is 59.6 Å². The van der Waals surface area contributed by atoms with Crippen molar-refractivity contribution < 1.29 is 4.74 Å². The zero-order valence-electron chi connectivity index (χ0n) is 7.37. The minimum absolute atomic E-state index is 0.656. The van der Waals surface area contributed by atoms with Crippen molar-refractivity contribution in [2.24, 2.45) is 4.99 Å². The van der Waals surface area contributed by atoms with Crippen LogP contribution in [0.1, 0.15) is 5.56 Å². The smallest absolute Gasteiger partial charge is 0.121 e. The number of nitrogens with one attached hydrogen (secondary N) is 1. The third-order valence-electron chi connectivity index (χ3n) is 2.02. The maximum absolute atomic E-state index is 5.81. The van der Waals surface area contributed by atoms with Gasteiger partial charge < -0.3 is 15.8 Å². The molecule has 0 amide bonds. The van der Waals surface area contributed by atoms with Crippen LogP contribution in [-0.4, -0.2) is 13.4 Å². The van der Waals surface area contributed by atoms with Gasteiger partial charge in [0.25, 0.3) is 0 Å². The van der Waals surface area contributed by atoms with E-state index in [4.69, 9.17) is 10.5 Å². The van der Waals surface area contributed by atoms with Crippen molar-refractivity contribution in [1.82, 2.24) is 0 Å². The first-order chi connectivity index (χ1) is 6.31. The second-order valence-electron chi connectivity index (χ2n) is 2.86. The molecule has 4 heteroatoms. The molecule has 0 aliphatic carbocycles. The fourth-order valence-corrected chi connectivity index (χ4v) is 1.37. The van der Waals surface area contributed by atoms with Crippen LogP contribution in [-0.2, 0) is 6.54 Å². The Bertz CT molecular complexity index is 360. The SMILES string of the molecule is COc1cc(N)c2c(c1)CN=CN2. The zero-order valence-corrected chi connectivity index (χ0v) is 7.37. The van der Waals surface area contributed by atoms with Gasteiger partial charge in [-0.25, -0.2) is 0 Å². The minimum Gasteiger partial charge on any atom is -0.497 e. The number of benzene rings is 1. The molecule has 4 nitrogen and oxygen atoms in total. The lowest BCUT2D eigenvalue weighted by atomic mass is 10.1. The molecule has 1 aromatic rings. The molecule has 0 bridgehead atoms. The van der Waals surface area contributed by atoms with E-state index in [1.807, 2.05) is 6.07 Å². The van der Waals surface area contributed by atoms with Crippen LogP contribution in [0.25, 0.3) is 0 Å². The molecule has 0 fully saturated rings. The number of hydrogen-bond acceptors (Lipinski definition) is 4. The summed E-state index contributed by atoms with van der Waals surface area (Å²) < 4.78 is 5.10. The maximum Gasteiger partial charge on any atom is 0.121 e. The minimum atomic E-state index is 0.656. The molecule has 0 saturated heterocycles. The van der Waals surface area contributed by atoms with E-state index in [9.17, 15) is 0 Å². The standard InChI is InChI=1S/C9H11N3O/c1-13-7-2-6-4-11-5-12-9(6)8(10)3-7/h2-3,5H,4,10H2,1H3,(H,11,12). The van der Waals surface area contributed by atoms with E-state index >= 15 is 0 Å². The molecule has 0 saturated carbocycles. The van der Waals surface area contributed by atoms with Crippen LogP contribution in [0.4, 0.5) is 11.4 Å². The number of rotatable bonds is 1. The Labute approximate surface area is 76.4 Å². The summed E-state index contributed by atoms with van der Waals surface area (Å²) in [7, 11) is 1.63. The van der Waals surface area contributed by atoms with E-state index in [1.54, 1.807) is 19.5 Å². The third kappa shape index (κ3) is 1.30. The van der Waals surface area contributed by atoms with Gasteiger partial charge in [0.1, 0.15) is 5.75 Å². The average Bonchev–Trinajstić information content (AvgIpc) is 2.18. The largest absolute Gasteiger partial charge is 0.497 e. The van der Waals surface area contributed by atoms with Gasteiger partial charge in [-0.05, 0) is 6.07 Å². The second-order valence-corrected chi connectivity index (χ2v) is 2.86. The number of nitrogens with two attached hydrogens (primary N) is 1. The Balaban J connectivity index is 2.50. The highest BCUT2D eigenvalue weighted by molar-refractivity contribution is 5.87. The molecule has 0 atom stereocenters. The van der Waals surface area contributed by atoms with E-state index in [0.717, 1.165) is 17.0 Å². The Morgan fingerprint density at radius 1 is 1.54 bits per heavy atom. The third-order valence-corrected chi connectivity index (χ3v) is 2.02. The molecule has 1 aliphatic heterocycles. The van der Waals surface area contributed by atoms with E-state index in [1.165, 1.54) is 0 Å². The van der Waals surface area contributed by atoms with Gasteiger partial charge in [-0.3, -0.25) is 4.99 Å². The lowest BCUT2D eigenvalue weighted by molar-refractivity contribution is 0.414. The van der Waals surface area contributed by atoms with Gasteiger partial charge in [0.05, 0.1) is 31.4 Å². The second kappa shape index (κ2) is 2.97. The van der Waals surface area contributed by atoms with Gasteiger partial charge >= 0.3 is 0 Å². The fraction of sp³-hybridized carbons (Fsp3) is 0.222. The summed E-state index contributed by atoms with van der Waals surface area (Å²) in [6.45, 7) is 0.656. The molecule has 68 valence electrons. The highest BCUT2D eigenvalue weighted by atomic mass is 16.5. The Hall–Kier alpha value is -1.71. The van der Waals surface area contributed by atoms with Crippen molar-refractivity contribution in [3.63, 3.8) is 0 Å². The summed E-state index contributed by atoms with van der Waals surface area (Å²) >= 11 is 0. The van der Waals surface area contributed by atoms with Gasteiger partial charge in [-0.2, -0.15) is 0 Å². The van der Waals surface area contributed by atoms with Crippen molar-refractivity contribution >= 4 is 17.7 Å². The predicted molar refractivity (Wildman–Crippen MR) is 53.2 cm³/mol. The highest BCUT2D eigenvalue weighted by Gasteiger charge is 2.10. The molecule has 0 radical (unpaired) electrons. The summed E-state index contributed by atoms with van der Waals surface area (Å²) in [5.41, 5.74) is 8.52. The number of anilines is 2. The lowest BCUT2D eigenvalue weighted by Crippen LogP contribution is -2.08. The Kier molecular flexibility index (Phi) is 1.81. The molecule has 0 unspecified atom stereocenters. The maximum atomic E-state index is 5.81. The zero-order chi connectivity index (χ0) is 9.26. The summed E-state index contributed by atoms with van der Waals surface area (Å²) in [5, 5.41) is 3.01. The molecule has 1 aromatic carbocycles. The average molecular weight is 177 g/mol. The molecular formula is C9H11N3O.